The van der Waals surface area contributed by atoms with Gasteiger partial charge in [0.15, 0.2) is 0 Å². The normalized spacial score (nSPS) is 11.4. The van der Waals surface area contributed by atoms with Crippen molar-refractivity contribution in [3.8, 4) is 5.88 Å². The maximum atomic E-state index is 11.0. The quantitative estimate of drug-likeness (QED) is 0.527. The van der Waals surface area contributed by atoms with E-state index < -0.39 is 9.05 Å². The van der Waals surface area contributed by atoms with E-state index in [0.717, 1.165) is 6.20 Å². The molecule has 0 radical (unpaired) electrons. The summed E-state index contributed by atoms with van der Waals surface area (Å²) in [5.41, 5.74) is 0. The third-order valence-corrected chi connectivity index (χ3v) is 3.24. The number of halogens is 1. The second-order valence-electron chi connectivity index (χ2n) is 3.22. The molecule has 0 fully saturated rings. The van der Waals surface area contributed by atoms with Crippen LogP contribution >= 0.6 is 10.7 Å². The lowest BCUT2D eigenvalue weighted by atomic mass is 10.5. The summed E-state index contributed by atoms with van der Waals surface area (Å²) in [6.45, 7) is 1.75. The highest BCUT2D eigenvalue weighted by atomic mass is 35.7. The van der Waals surface area contributed by atoms with Gasteiger partial charge in [-0.3, -0.25) is 0 Å². The van der Waals surface area contributed by atoms with Gasteiger partial charge in [-0.05, 0) is 6.07 Å². The van der Waals surface area contributed by atoms with Gasteiger partial charge in [0.2, 0.25) is 5.88 Å². The fourth-order valence-corrected chi connectivity index (χ4v) is 1.73. The number of pyridine rings is 1. The smallest absolute Gasteiger partial charge is 0.262 e. The first-order valence-corrected chi connectivity index (χ1v) is 7.45. The lowest BCUT2D eigenvalue weighted by molar-refractivity contribution is 0.0536. The SMILES string of the molecule is COCCOCCOc1ccc(S(=O)(=O)Cl)cn1. The predicted octanol–water partition coefficient (Wildman–Crippen LogP) is 1.05. The molecule has 6 nitrogen and oxygen atoms in total. The number of nitrogens with zero attached hydrogens (tertiary/aromatic N) is 1. The molecule has 0 spiro atoms. The van der Waals surface area contributed by atoms with Gasteiger partial charge in [-0.15, -0.1) is 0 Å². The van der Waals surface area contributed by atoms with E-state index in [9.17, 15) is 8.42 Å². The minimum absolute atomic E-state index is 0.0622. The zero-order valence-corrected chi connectivity index (χ0v) is 11.4. The second-order valence-corrected chi connectivity index (χ2v) is 5.79. The van der Waals surface area contributed by atoms with Crippen molar-refractivity contribution in [1.29, 1.82) is 0 Å². The van der Waals surface area contributed by atoms with Gasteiger partial charge in [-0.2, -0.15) is 0 Å². The first kappa shape index (κ1) is 15.2. The van der Waals surface area contributed by atoms with Crippen molar-refractivity contribution in [2.24, 2.45) is 0 Å². The van der Waals surface area contributed by atoms with E-state index in [1.807, 2.05) is 0 Å². The van der Waals surface area contributed by atoms with Gasteiger partial charge < -0.3 is 14.2 Å². The molecule has 1 rings (SSSR count). The average Bonchev–Trinajstić information content (AvgIpc) is 2.33. The first-order valence-electron chi connectivity index (χ1n) is 5.14. The van der Waals surface area contributed by atoms with Crippen molar-refractivity contribution in [1.82, 2.24) is 4.98 Å². The highest BCUT2D eigenvalue weighted by Gasteiger charge is 2.10. The van der Waals surface area contributed by atoms with Crippen LogP contribution in [0.15, 0.2) is 23.2 Å². The maximum absolute atomic E-state index is 11.0. The third-order valence-electron chi connectivity index (χ3n) is 1.90. The molecule has 0 aromatic carbocycles. The summed E-state index contributed by atoms with van der Waals surface area (Å²) >= 11 is 0. The van der Waals surface area contributed by atoms with Gasteiger partial charge in [0, 0.05) is 23.9 Å². The summed E-state index contributed by atoms with van der Waals surface area (Å²) in [5, 5.41) is 0. The van der Waals surface area contributed by atoms with Gasteiger partial charge in [-0.25, -0.2) is 13.4 Å². The van der Waals surface area contributed by atoms with Crippen molar-refractivity contribution < 1.29 is 22.6 Å². The summed E-state index contributed by atoms with van der Waals surface area (Å²) in [6, 6.07) is 2.76. The summed E-state index contributed by atoms with van der Waals surface area (Å²) in [6.07, 6.45) is 1.14. The Bertz CT molecular complexity index is 448. The molecule has 0 unspecified atom stereocenters. The van der Waals surface area contributed by atoms with Crippen LogP contribution in [-0.2, 0) is 18.5 Å². The monoisotopic (exact) mass is 295 g/mol. The van der Waals surface area contributed by atoms with E-state index in [1.165, 1.54) is 12.1 Å². The molecule has 0 aliphatic heterocycles. The summed E-state index contributed by atoms with van der Waals surface area (Å²) in [4.78, 5) is 3.75. The van der Waals surface area contributed by atoms with E-state index in [-0.39, 0.29) is 4.90 Å². The van der Waals surface area contributed by atoms with E-state index in [0.29, 0.717) is 32.3 Å². The van der Waals surface area contributed by atoms with Crippen molar-refractivity contribution in [2.75, 3.05) is 33.5 Å². The van der Waals surface area contributed by atoms with Gasteiger partial charge in [0.05, 0.1) is 26.0 Å². The van der Waals surface area contributed by atoms with Crippen molar-refractivity contribution in [2.45, 2.75) is 4.90 Å². The highest BCUT2D eigenvalue weighted by molar-refractivity contribution is 8.13. The Kier molecular flexibility index (Phi) is 6.34. The lowest BCUT2D eigenvalue weighted by Crippen LogP contribution is -2.10. The van der Waals surface area contributed by atoms with Crippen LogP contribution in [0.25, 0.3) is 0 Å². The molecule has 18 heavy (non-hydrogen) atoms. The second kappa shape index (κ2) is 7.52. The standard InChI is InChI=1S/C10H14ClNO5S/c1-15-4-5-16-6-7-17-10-3-2-9(8-12-10)18(11,13)14/h2-3,8H,4-7H2,1H3. The van der Waals surface area contributed by atoms with Crippen LogP contribution in [0, 0.1) is 0 Å². The molecule has 102 valence electrons. The maximum Gasteiger partial charge on any atom is 0.262 e. The zero-order chi connectivity index (χ0) is 13.4. The molecule has 0 amide bonds. The number of hydrogen-bond donors (Lipinski definition) is 0. The summed E-state index contributed by atoms with van der Waals surface area (Å²) in [7, 11) is 3.00. The van der Waals surface area contributed by atoms with Crippen LogP contribution in [0.3, 0.4) is 0 Å². The number of ether oxygens (including phenoxy) is 3. The van der Waals surface area contributed by atoms with Crippen LogP contribution in [0.2, 0.25) is 0 Å². The molecule has 0 aliphatic carbocycles. The molecule has 1 heterocycles. The fraction of sp³-hybridized carbons (Fsp3) is 0.500. The highest BCUT2D eigenvalue weighted by Crippen LogP contribution is 2.15. The Hall–Kier alpha value is -0.890. The van der Waals surface area contributed by atoms with Crippen LogP contribution in [0.1, 0.15) is 0 Å². The Morgan fingerprint density at radius 3 is 2.50 bits per heavy atom. The Balaban J connectivity index is 2.32. The molecule has 0 atom stereocenters. The largest absolute Gasteiger partial charge is 0.475 e. The van der Waals surface area contributed by atoms with Gasteiger partial charge >= 0.3 is 0 Å². The van der Waals surface area contributed by atoms with E-state index in [2.05, 4.69) is 4.98 Å². The Labute approximate surface area is 110 Å². The topological polar surface area (TPSA) is 74.7 Å². The number of aromatic nitrogens is 1. The minimum Gasteiger partial charge on any atom is -0.475 e. The molecule has 0 bridgehead atoms. The lowest BCUT2D eigenvalue weighted by Gasteiger charge is -2.06. The Morgan fingerprint density at radius 2 is 1.94 bits per heavy atom. The third kappa shape index (κ3) is 5.63. The average molecular weight is 296 g/mol. The van der Waals surface area contributed by atoms with E-state index in [4.69, 9.17) is 24.9 Å². The Morgan fingerprint density at radius 1 is 1.22 bits per heavy atom. The number of methoxy groups -OCH3 is 1. The number of rotatable bonds is 8. The minimum atomic E-state index is -3.74. The van der Waals surface area contributed by atoms with Gasteiger partial charge in [0.1, 0.15) is 11.5 Å². The predicted molar refractivity (Wildman–Crippen MR) is 65.5 cm³/mol. The first-order chi connectivity index (χ1) is 8.54. The van der Waals surface area contributed by atoms with Crippen molar-refractivity contribution in [3.63, 3.8) is 0 Å². The molecule has 8 heteroatoms. The molecule has 0 saturated heterocycles. The van der Waals surface area contributed by atoms with Gasteiger partial charge in [-0.1, -0.05) is 0 Å². The van der Waals surface area contributed by atoms with Gasteiger partial charge in [0.25, 0.3) is 9.05 Å². The van der Waals surface area contributed by atoms with E-state index in [1.54, 1.807) is 7.11 Å². The zero-order valence-electron chi connectivity index (χ0n) is 9.84. The van der Waals surface area contributed by atoms with Crippen LogP contribution < -0.4 is 4.74 Å². The summed E-state index contributed by atoms with van der Waals surface area (Å²) in [5.74, 6) is 0.314. The molecular weight excluding hydrogens is 282 g/mol. The van der Waals surface area contributed by atoms with Crippen LogP contribution in [0.4, 0.5) is 0 Å². The van der Waals surface area contributed by atoms with Crippen molar-refractivity contribution >= 4 is 19.7 Å². The molecule has 0 aliphatic rings. The van der Waals surface area contributed by atoms with E-state index >= 15 is 0 Å². The van der Waals surface area contributed by atoms with Crippen LogP contribution in [-0.4, -0.2) is 46.9 Å². The number of hydrogen-bond acceptors (Lipinski definition) is 6. The fourth-order valence-electron chi connectivity index (χ4n) is 1.05. The molecular formula is C10H14ClNO5S. The molecule has 0 saturated carbocycles. The van der Waals surface area contributed by atoms with Crippen molar-refractivity contribution in [3.05, 3.63) is 18.3 Å². The summed E-state index contributed by atoms with van der Waals surface area (Å²) < 4.78 is 37.1. The molecule has 1 aromatic heterocycles. The molecule has 1 aromatic rings. The van der Waals surface area contributed by atoms with Crippen LogP contribution in [0.5, 0.6) is 5.88 Å². The molecule has 0 N–H and O–H groups in total.